The average Bonchev–Trinajstić information content (AvgIpc) is 3.16. The molecule has 6 nitrogen and oxygen atoms in total. The number of carbonyl (C=O) groups excluding carboxylic acids is 2. The highest BCUT2D eigenvalue weighted by atomic mass is 16.7. The van der Waals surface area contributed by atoms with Gasteiger partial charge in [-0.05, 0) is 37.1 Å². The third kappa shape index (κ3) is 3.35. The predicted octanol–water partition coefficient (Wildman–Crippen LogP) is 2.91. The van der Waals surface area contributed by atoms with Crippen LogP contribution in [0.2, 0.25) is 0 Å². The second-order valence-electron chi connectivity index (χ2n) is 6.49. The molecular weight excluding hydrogens is 332 g/mol. The lowest BCUT2D eigenvalue weighted by molar-refractivity contribution is -0.121. The Morgan fingerprint density at radius 2 is 1.69 bits per heavy atom. The van der Waals surface area contributed by atoms with Crippen molar-refractivity contribution in [2.24, 2.45) is 5.92 Å². The fourth-order valence-corrected chi connectivity index (χ4v) is 3.33. The van der Waals surface area contributed by atoms with E-state index < -0.39 is 0 Å². The first-order valence-electron chi connectivity index (χ1n) is 8.75. The minimum atomic E-state index is -0.0970. The molecule has 0 bridgehead atoms. The predicted molar refractivity (Wildman–Crippen MR) is 96.3 cm³/mol. The van der Waals surface area contributed by atoms with E-state index >= 15 is 0 Å². The van der Waals surface area contributed by atoms with Crippen LogP contribution in [0.25, 0.3) is 0 Å². The normalized spacial score (nSPS) is 16.4. The standard InChI is InChI=1S/C20H20N2O4/c23-19(21-16-6-7-17-18(12-16)26-13-25-17)14-8-10-22(11-9-14)20(24)15-4-2-1-3-5-15/h1-7,12,14H,8-11,13H2,(H,21,23). The Kier molecular flexibility index (Phi) is 4.48. The van der Waals surface area contributed by atoms with Crippen molar-refractivity contribution in [1.29, 1.82) is 0 Å². The summed E-state index contributed by atoms with van der Waals surface area (Å²) in [6.07, 6.45) is 1.32. The molecule has 26 heavy (non-hydrogen) atoms. The number of likely N-dealkylation sites (tertiary alicyclic amines) is 1. The number of nitrogens with one attached hydrogen (secondary N) is 1. The smallest absolute Gasteiger partial charge is 0.253 e. The Morgan fingerprint density at radius 1 is 0.962 bits per heavy atom. The van der Waals surface area contributed by atoms with Gasteiger partial charge in [0.15, 0.2) is 11.5 Å². The largest absolute Gasteiger partial charge is 0.454 e. The monoisotopic (exact) mass is 352 g/mol. The van der Waals surface area contributed by atoms with Crippen LogP contribution in [0.5, 0.6) is 11.5 Å². The van der Waals surface area contributed by atoms with E-state index in [0.29, 0.717) is 48.7 Å². The third-order valence-corrected chi connectivity index (χ3v) is 4.81. The molecule has 2 aromatic rings. The molecule has 4 rings (SSSR count). The van der Waals surface area contributed by atoms with Crippen molar-refractivity contribution < 1.29 is 19.1 Å². The molecule has 134 valence electrons. The zero-order valence-electron chi connectivity index (χ0n) is 14.3. The molecule has 0 spiro atoms. The van der Waals surface area contributed by atoms with Gasteiger partial charge < -0.3 is 19.7 Å². The number of hydrogen-bond acceptors (Lipinski definition) is 4. The van der Waals surface area contributed by atoms with E-state index in [1.807, 2.05) is 35.2 Å². The first-order valence-corrected chi connectivity index (χ1v) is 8.75. The number of fused-ring (bicyclic) bond motifs is 1. The maximum absolute atomic E-state index is 12.5. The summed E-state index contributed by atoms with van der Waals surface area (Å²) < 4.78 is 10.6. The molecule has 2 amide bonds. The van der Waals surface area contributed by atoms with Gasteiger partial charge in [0.1, 0.15) is 0 Å². The third-order valence-electron chi connectivity index (χ3n) is 4.81. The van der Waals surface area contributed by atoms with Crippen LogP contribution in [0, 0.1) is 5.92 Å². The lowest BCUT2D eigenvalue weighted by Gasteiger charge is -2.31. The number of anilines is 1. The van der Waals surface area contributed by atoms with Gasteiger partial charge in [-0.25, -0.2) is 0 Å². The molecule has 1 saturated heterocycles. The van der Waals surface area contributed by atoms with Crippen molar-refractivity contribution in [3.05, 3.63) is 54.1 Å². The van der Waals surface area contributed by atoms with Crippen LogP contribution < -0.4 is 14.8 Å². The van der Waals surface area contributed by atoms with Crippen molar-refractivity contribution in [3.8, 4) is 11.5 Å². The van der Waals surface area contributed by atoms with Gasteiger partial charge in [-0.15, -0.1) is 0 Å². The number of rotatable bonds is 3. The van der Waals surface area contributed by atoms with Gasteiger partial charge in [0.2, 0.25) is 12.7 Å². The van der Waals surface area contributed by atoms with Gasteiger partial charge in [0.25, 0.3) is 5.91 Å². The van der Waals surface area contributed by atoms with Crippen LogP contribution >= 0.6 is 0 Å². The van der Waals surface area contributed by atoms with Crippen molar-refractivity contribution >= 4 is 17.5 Å². The molecule has 2 heterocycles. The molecular formula is C20H20N2O4. The molecule has 6 heteroatoms. The van der Waals surface area contributed by atoms with E-state index in [4.69, 9.17) is 9.47 Å². The summed E-state index contributed by atoms with van der Waals surface area (Å²) in [4.78, 5) is 26.8. The lowest BCUT2D eigenvalue weighted by Crippen LogP contribution is -2.41. The van der Waals surface area contributed by atoms with Gasteiger partial charge >= 0.3 is 0 Å². The van der Waals surface area contributed by atoms with E-state index in [0.717, 1.165) is 0 Å². The highest BCUT2D eigenvalue weighted by molar-refractivity contribution is 5.95. The van der Waals surface area contributed by atoms with Gasteiger partial charge in [0.05, 0.1) is 0 Å². The number of amides is 2. The number of nitrogens with zero attached hydrogens (tertiary/aromatic N) is 1. The first-order chi connectivity index (χ1) is 12.7. The minimum Gasteiger partial charge on any atom is -0.454 e. The average molecular weight is 352 g/mol. The molecule has 0 radical (unpaired) electrons. The molecule has 0 atom stereocenters. The SMILES string of the molecule is O=C(Nc1ccc2c(c1)OCO2)C1CCN(C(=O)c2ccccc2)CC1. The van der Waals surface area contributed by atoms with Crippen molar-refractivity contribution in [2.45, 2.75) is 12.8 Å². The molecule has 2 aromatic carbocycles. The summed E-state index contributed by atoms with van der Waals surface area (Å²) in [6, 6.07) is 14.6. The van der Waals surface area contributed by atoms with Crippen LogP contribution in [0.1, 0.15) is 23.2 Å². The summed E-state index contributed by atoms with van der Waals surface area (Å²) in [6.45, 7) is 1.39. The quantitative estimate of drug-likeness (QED) is 0.922. The topological polar surface area (TPSA) is 67.9 Å². The molecule has 2 aliphatic rings. The van der Waals surface area contributed by atoms with E-state index in [1.54, 1.807) is 18.2 Å². The first kappa shape index (κ1) is 16.4. The molecule has 1 fully saturated rings. The molecule has 0 saturated carbocycles. The summed E-state index contributed by atoms with van der Waals surface area (Å²) >= 11 is 0. The Balaban J connectivity index is 1.33. The van der Waals surface area contributed by atoms with Crippen molar-refractivity contribution in [2.75, 3.05) is 25.2 Å². The highest BCUT2D eigenvalue weighted by Gasteiger charge is 2.28. The van der Waals surface area contributed by atoms with E-state index in [2.05, 4.69) is 5.32 Å². The summed E-state index contributed by atoms with van der Waals surface area (Å²) in [5.74, 6) is 1.25. The maximum Gasteiger partial charge on any atom is 0.253 e. The van der Waals surface area contributed by atoms with Gasteiger partial charge in [0, 0.05) is 36.3 Å². The van der Waals surface area contributed by atoms with Crippen LogP contribution in [0.3, 0.4) is 0 Å². The summed E-state index contributed by atoms with van der Waals surface area (Å²) in [5.41, 5.74) is 1.39. The van der Waals surface area contributed by atoms with Gasteiger partial charge in [-0.1, -0.05) is 18.2 Å². The zero-order chi connectivity index (χ0) is 17.9. The Morgan fingerprint density at radius 3 is 2.46 bits per heavy atom. The second kappa shape index (κ2) is 7.07. The molecule has 2 aliphatic heterocycles. The second-order valence-corrected chi connectivity index (χ2v) is 6.49. The molecule has 1 N–H and O–H groups in total. The summed E-state index contributed by atoms with van der Waals surface area (Å²) in [5, 5.41) is 2.94. The fraction of sp³-hybridized carbons (Fsp3) is 0.300. The number of piperidine rings is 1. The van der Waals surface area contributed by atoms with E-state index in [1.165, 1.54) is 0 Å². The van der Waals surface area contributed by atoms with Crippen molar-refractivity contribution in [1.82, 2.24) is 4.90 Å². The molecule has 0 aromatic heterocycles. The van der Waals surface area contributed by atoms with Gasteiger partial charge in [-0.3, -0.25) is 9.59 Å². The van der Waals surface area contributed by atoms with Crippen LogP contribution in [-0.4, -0.2) is 36.6 Å². The van der Waals surface area contributed by atoms with Crippen LogP contribution in [0.4, 0.5) is 5.69 Å². The zero-order valence-corrected chi connectivity index (χ0v) is 14.3. The fourth-order valence-electron chi connectivity index (χ4n) is 3.33. The molecule has 0 unspecified atom stereocenters. The number of carbonyl (C=O) groups is 2. The van der Waals surface area contributed by atoms with Crippen LogP contribution in [0.15, 0.2) is 48.5 Å². The Hall–Kier alpha value is -3.02. The lowest BCUT2D eigenvalue weighted by atomic mass is 9.95. The molecule has 0 aliphatic carbocycles. The Labute approximate surface area is 151 Å². The number of ether oxygens (including phenoxy) is 2. The number of benzene rings is 2. The number of hydrogen-bond donors (Lipinski definition) is 1. The Bertz CT molecular complexity index is 814. The minimum absolute atomic E-state index is 0.0179. The van der Waals surface area contributed by atoms with Crippen LogP contribution in [-0.2, 0) is 4.79 Å². The maximum atomic E-state index is 12.5. The van der Waals surface area contributed by atoms with E-state index in [-0.39, 0.29) is 24.5 Å². The highest BCUT2D eigenvalue weighted by Crippen LogP contribution is 2.34. The van der Waals surface area contributed by atoms with Gasteiger partial charge in [-0.2, -0.15) is 0 Å². The summed E-state index contributed by atoms with van der Waals surface area (Å²) in [7, 11) is 0. The van der Waals surface area contributed by atoms with E-state index in [9.17, 15) is 9.59 Å². The van der Waals surface area contributed by atoms with Crippen molar-refractivity contribution in [3.63, 3.8) is 0 Å².